The lowest BCUT2D eigenvalue weighted by molar-refractivity contribution is 0.0984. The topological polar surface area (TPSA) is 35.2 Å². The molecule has 1 saturated heterocycles. The maximum atomic E-state index is 6.11. The van der Waals surface area contributed by atoms with E-state index < -0.39 is 0 Å². The van der Waals surface area contributed by atoms with Crippen molar-refractivity contribution in [3.63, 3.8) is 0 Å². The van der Waals surface area contributed by atoms with Gasteiger partial charge in [-0.25, -0.2) is 0 Å². The van der Waals surface area contributed by atoms with Crippen LogP contribution >= 0.6 is 27.3 Å². The van der Waals surface area contributed by atoms with Crippen LogP contribution in [0.5, 0.6) is 0 Å². The van der Waals surface area contributed by atoms with E-state index in [1.165, 1.54) is 17.7 Å². The highest BCUT2D eigenvalue weighted by Crippen LogP contribution is 2.23. The Morgan fingerprint density at radius 3 is 3.13 bits per heavy atom. The highest BCUT2D eigenvalue weighted by Gasteiger charge is 2.19. The number of rotatable bonds is 4. The third kappa shape index (κ3) is 3.55. The van der Waals surface area contributed by atoms with Crippen LogP contribution in [0, 0.1) is 0 Å². The van der Waals surface area contributed by atoms with E-state index in [-0.39, 0.29) is 6.04 Å². The summed E-state index contributed by atoms with van der Waals surface area (Å²) in [5, 5.41) is 2.11. The minimum absolute atomic E-state index is 0.235. The zero-order chi connectivity index (χ0) is 10.7. The molecular formula is C11H16BrNOS. The molecule has 0 amide bonds. The van der Waals surface area contributed by atoms with Gasteiger partial charge in [-0.2, -0.15) is 0 Å². The molecule has 1 aromatic rings. The molecule has 0 spiro atoms. The first-order chi connectivity index (χ1) is 7.24. The van der Waals surface area contributed by atoms with Crippen molar-refractivity contribution in [1.82, 2.24) is 0 Å². The Hall–Kier alpha value is 0.1000. The maximum Gasteiger partial charge on any atom is 0.0590 e. The fraction of sp³-hybridized carbons (Fsp3) is 0.636. The van der Waals surface area contributed by atoms with Crippen LogP contribution in [0.2, 0.25) is 0 Å². The summed E-state index contributed by atoms with van der Waals surface area (Å²) in [6.07, 6.45) is 4.75. The molecule has 0 aromatic carbocycles. The van der Waals surface area contributed by atoms with Gasteiger partial charge in [0, 0.05) is 27.4 Å². The van der Waals surface area contributed by atoms with Gasteiger partial charge in [-0.1, -0.05) is 0 Å². The number of nitrogens with two attached hydrogens (primary N) is 1. The Labute approximate surface area is 103 Å². The van der Waals surface area contributed by atoms with Gasteiger partial charge in [0.2, 0.25) is 0 Å². The van der Waals surface area contributed by atoms with Gasteiger partial charge < -0.3 is 10.5 Å². The summed E-state index contributed by atoms with van der Waals surface area (Å²) in [7, 11) is 0. The van der Waals surface area contributed by atoms with Crippen molar-refractivity contribution >= 4 is 27.3 Å². The van der Waals surface area contributed by atoms with Gasteiger partial charge in [-0.3, -0.25) is 0 Å². The van der Waals surface area contributed by atoms with E-state index in [0.29, 0.717) is 6.10 Å². The fourth-order valence-electron chi connectivity index (χ4n) is 1.97. The van der Waals surface area contributed by atoms with E-state index in [9.17, 15) is 0 Å². The molecule has 1 aromatic heterocycles. The fourth-order valence-corrected chi connectivity index (χ4v) is 3.52. The molecule has 2 unspecified atom stereocenters. The van der Waals surface area contributed by atoms with Crippen molar-refractivity contribution in [1.29, 1.82) is 0 Å². The van der Waals surface area contributed by atoms with E-state index in [2.05, 4.69) is 27.4 Å². The molecule has 2 atom stereocenters. The molecule has 1 fully saturated rings. The molecule has 2 N–H and O–H groups in total. The van der Waals surface area contributed by atoms with Gasteiger partial charge in [-0.15, -0.1) is 11.3 Å². The highest BCUT2D eigenvalue weighted by molar-refractivity contribution is 9.10. The van der Waals surface area contributed by atoms with Gasteiger partial charge in [-0.05, 0) is 47.7 Å². The number of halogens is 1. The third-order valence-corrected chi connectivity index (χ3v) is 4.39. The van der Waals surface area contributed by atoms with Gasteiger partial charge in [0.1, 0.15) is 0 Å². The van der Waals surface area contributed by atoms with Crippen LogP contribution in [0.4, 0.5) is 0 Å². The molecule has 0 bridgehead atoms. The Bertz CT molecular complexity index is 309. The Kier molecular flexibility index (Phi) is 4.20. The van der Waals surface area contributed by atoms with Crippen LogP contribution in [0.15, 0.2) is 15.9 Å². The predicted molar refractivity (Wildman–Crippen MR) is 67.3 cm³/mol. The minimum Gasteiger partial charge on any atom is -0.378 e. The van der Waals surface area contributed by atoms with E-state index in [1.807, 2.05) is 0 Å². The smallest absolute Gasteiger partial charge is 0.0590 e. The Balaban J connectivity index is 1.78. The Morgan fingerprint density at radius 2 is 2.53 bits per heavy atom. The average Bonchev–Trinajstić information content (AvgIpc) is 2.77. The second kappa shape index (κ2) is 5.43. The van der Waals surface area contributed by atoms with Crippen molar-refractivity contribution in [2.24, 2.45) is 5.73 Å². The zero-order valence-corrected chi connectivity index (χ0v) is 11.0. The number of hydrogen-bond donors (Lipinski definition) is 1. The summed E-state index contributed by atoms with van der Waals surface area (Å²) in [6.45, 7) is 0.919. The summed E-state index contributed by atoms with van der Waals surface area (Å²) in [6, 6.07) is 2.39. The quantitative estimate of drug-likeness (QED) is 0.925. The van der Waals surface area contributed by atoms with Gasteiger partial charge in [0.25, 0.3) is 0 Å². The molecule has 2 rings (SSSR count). The molecule has 4 heteroatoms. The lowest BCUT2D eigenvalue weighted by atomic mass is 10.0. The predicted octanol–water partition coefficient (Wildman–Crippen LogP) is 2.95. The van der Waals surface area contributed by atoms with Crippen molar-refractivity contribution < 1.29 is 4.74 Å². The summed E-state index contributed by atoms with van der Waals surface area (Å²) in [5.41, 5.74) is 6.11. The molecule has 0 radical (unpaired) electrons. The van der Waals surface area contributed by atoms with E-state index in [4.69, 9.17) is 10.5 Å². The summed E-state index contributed by atoms with van der Waals surface area (Å²) in [5.74, 6) is 0. The van der Waals surface area contributed by atoms with Crippen LogP contribution < -0.4 is 5.73 Å². The maximum absolute atomic E-state index is 6.11. The van der Waals surface area contributed by atoms with E-state index >= 15 is 0 Å². The van der Waals surface area contributed by atoms with E-state index in [0.717, 1.165) is 23.9 Å². The number of ether oxygens (including phenoxy) is 1. The van der Waals surface area contributed by atoms with E-state index in [1.54, 1.807) is 11.3 Å². The average molecular weight is 290 g/mol. The number of thiophene rings is 1. The largest absolute Gasteiger partial charge is 0.378 e. The second-order valence-electron chi connectivity index (χ2n) is 4.07. The van der Waals surface area contributed by atoms with Crippen LogP contribution in [-0.2, 0) is 11.2 Å². The molecule has 15 heavy (non-hydrogen) atoms. The van der Waals surface area contributed by atoms with Crippen molar-refractivity contribution in [2.75, 3.05) is 6.61 Å². The minimum atomic E-state index is 0.235. The first-order valence-corrected chi connectivity index (χ1v) is 7.01. The van der Waals surface area contributed by atoms with Crippen LogP contribution in [0.25, 0.3) is 0 Å². The zero-order valence-electron chi connectivity index (χ0n) is 8.62. The monoisotopic (exact) mass is 289 g/mol. The molecule has 2 heterocycles. The summed E-state index contributed by atoms with van der Waals surface area (Å²) >= 11 is 5.22. The summed E-state index contributed by atoms with van der Waals surface area (Å²) < 4.78 is 6.74. The van der Waals surface area contributed by atoms with Crippen molar-refractivity contribution in [3.05, 3.63) is 20.8 Å². The van der Waals surface area contributed by atoms with Crippen LogP contribution in [0.3, 0.4) is 0 Å². The molecule has 1 aliphatic heterocycles. The standard InChI is InChI=1S/C11H16BrNOS/c12-8-4-11(15-7-8)6-9(13)5-10-2-1-3-14-10/h4,7,9-10H,1-3,5-6,13H2. The molecule has 84 valence electrons. The lowest BCUT2D eigenvalue weighted by Crippen LogP contribution is -2.27. The number of hydrogen-bond acceptors (Lipinski definition) is 3. The first-order valence-electron chi connectivity index (χ1n) is 5.34. The lowest BCUT2D eigenvalue weighted by Gasteiger charge is -2.15. The van der Waals surface area contributed by atoms with Crippen LogP contribution in [0.1, 0.15) is 24.1 Å². The summed E-state index contributed by atoms with van der Waals surface area (Å²) in [4.78, 5) is 1.35. The molecule has 1 aliphatic rings. The van der Waals surface area contributed by atoms with Gasteiger partial charge >= 0.3 is 0 Å². The highest BCUT2D eigenvalue weighted by atomic mass is 79.9. The van der Waals surface area contributed by atoms with Crippen molar-refractivity contribution in [3.8, 4) is 0 Å². The Morgan fingerprint density at radius 1 is 1.67 bits per heavy atom. The third-order valence-electron chi connectivity index (χ3n) is 2.67. The molecule has 2 nitrogen and oxygen atoms in total. The molecule has 0 saturated carbocycles. The normalized spacial score (nSPS) is 23.2. The van der Waals surface area contributed by atoms with Gasteiger partial charge in [0.05, 0.1) is 6.10 Å². The van der Waals surface area contributed by atoms with Crippen LogP contribution in [-0.4, -0.2) is 18.8 Å². The molecule has 0 aliphatic carbocycles. The first kappa shape index (κ1) is 11.6. The van der Waals surface area contributed by atoms with Crippen molar-refractivity contribution in [2.45, 2.75) is 37.8 Å². The second-order valence-corrected chi connectivity index (χ2v) is 5.98. The SMILES string of the molecule is NC(Cc1cc(Br)cs1)CC1CCCO1. The van der Waals surface area contributed by atoms with Gasteiger partial charge in [0.15, 0.2) is 0 Å². The molecular weight excluding hydrogens is 274 g/mol.